The summed E-state index contributed by atoms with van der Waals surface area (Å²) >= 11 is 0. The second-order valence-electron chi connectivity index (χ2n) is 6.30. The van der Waals surface area contributed by atoms with Crippen molar-refractivity contribution in [2.75, 3.05) is 13.2 Å². The van der Waals surface area contributed by atoms with Crippen LogP contribution in [0.15, 0.2) is 77.4 Å². The molecule has 2 N–H and O–H groups in total. The van der Waals surface area contributed by atoms with E-state index in [1.807, 2.05) is 60.7 Å². The van der Waals surface area contributed by atoms with E-state index in [0.29, 0.717) is 25.1 Å². The minimum absolute atomic E-state index is 0.0280. The van der Waals surface area contributed by atoms with E-state index in [1.165, 1.54) is 0 Å². The van der Waals surface area contributed by atoms with E-state index >= 15 is 0 Å². The van der Waals surface area contributed by atoms with Gasteiger partial charge >= 0.3 is 0 Å². The maximum atomic E-state index is 12.6. The molecule has 0 bridgehead atoms. The molecule has 0 saturated carbocycles. The van der Waals surface area contributed by atoms with Crippen LogP contribution in [-0.4, -0.2) is 24.2 Å². The first kappa shape index (κ1) is 18.7. The van der Waals surface area contributed by atoms with Crippen LogP contribution in [0.2, 0.25) is 0 Å². The predicted octanol–water partition coefficient (Wildman–Crippen LogP) is 3.44. The van der Waals surface area contributed by atoms with Gasteiger partial charge in [0.1, 0.15) is 18.1 Å². The number of para-hydroxylation sites is 1. The van der Waals surface area contributed by atoms with Crippen molar-refractivity contribution in [1.29, 1.82) is 0 Å². The smallest absolute Gasteiger partial charge is 0.251 e. The van der Waals surface area contributed by atoms with Crippen molar-refractivity contribution >= 4 is 5.91 Å². The quantitative estimate of drug-likeness (QED) is 0.609. The molecule has 1 heterocycles. The number of aliphatic hydroxyl groups excluding tert-OH is 1. The van der Waals surface area contributed by atoms with Gasteiger partial charge in [-0.25, -0.2) is 0 Å². The highest BCUT2D eigenvalue weighted by atomic mass is 16.5. The summed E-state index contributed by atoms with van der Waals surface area (Å²) in [5.41, 5.74) is 1.38. The van der Waals surface area contributed by atoms with Crippen molar-refractivity contribution in [3.05, 3.63) is 89.9 Å². The molecule has 0 saturated heterocycles. The zero-order valence-electron chi connectivity index (χ0n) is 15.0. The average molecular weight is 365 g/mol. The number of rotatable bonds is 9. The van der Waals surface area contributed by atoms with Gasteiger partial charge in [-0.2, -0.15) is 0 Å². The minimum atomic E-state index is -0.180. The molecule has 0 aliphatic heterocycles. The van der Waals surface area contributed by atoms with Gasteiger partial charge in [0.15, 0.2) is 0 Å². The number of amides is 1. The molecule has 3 rings (SSSR count). The molecule has 1 unspecified atom stereocenters. The fourth-order valence-corrected chi connectivity index (χ4v) is 2.79. The molecule has 140 valence electrons. The highest BCUT2D eigenvalue weighted by molar-refractivity contribution is 5.95. The maximum Gasteiger partial charge on any atom is 0.251 e. The Morgan fingerprint density at radius 2 is 1.81 bits per heavy atom. The van der Waals surface area contributed by atoms with E-state index in [0.717, 1.165) is 17.1 Å². The van der Waals surface area contributed by atoms with E-state index in [4.69, 9.17) is 9.15 Å². The Balaban J connectivity index is 1.59. The Morgan fingerprint density at radius 1 is 1.04 bits per heavy atom. The predicted molar refractivity (Wildman–Crippen MR) is 103 cm³/mol. The highest BCUT2D eigenvalue weighted by Gasteiger charge is 2.15. The molecule has 0 fully saturated rings. The monoisotopic (exact) mass is 365 g/mol. The Labute approximate surface area is 158 Å². The van der Waals surface area contributed by atoms with Crippen LogP contribution in [-0.2, 0) is 13.0 Å². The molecule has 0 radical (unpaired) electrons. The molecule has 1 amide bonds. The minimum Gasteiger partial charge on any atom is -0.489 e. The molecule has 0 aliphatic rings. The number of ether oxygens (including phenoxy) is 1. The van der Waals surface area contributed by atoms with Gasteiger partial charge in [-0.05, 0) is 30.3 Å². The first-order chi connectivity index (χ1) is 13.3. The van der Waals surface area contributed by atoms with E-state index < -0.39 is 0 Å². The normalized spacial score (nSPS) is 11.7. The number of hydrogen-bond acceptors (Lipinski definition) is 4. The topological polar surface area (TPSA) is 71.7 Å². The standard InChI is InChI=1S/C22H23NO4/c24-15-17(13-20-10-6-12-26-20)14-23-22(25)21-11-5-4-7-18(21)16-27-19-8-2-1-3-9-19/h1-12,17,24H,13-16H2,(H,23,25). The summed E-state index contributed by atoms with van der Waals surface area (Å²) in [6.07, 6.45) is 2.17. The van der Waals surface area contributed by atoms with Crippen LogP contribution in [0.5, 0.6) is 5.75 Å². The Bertz CT molecular complexity index is 831. The third-order valence-corrected chi connectivity index (χ3v) is 4.28. The number of furan rings is 1. The lowest BCUT2D eigenvalue weighted by molar-refractivity contribution is 0.0936. The number of nitrogens with one attached hydrogen (secondary N) is 1. The van der Waals surface area contributed by atoms with Crippen molar-refractivity contribution in [3.63, 3.8) is 0 Å². The first-order valence-corrected chi connectivity index (χ1v) is 8.93. The third kappa shape index (κ3) is 5.46. The maximum absolute atomic E-state index is 12.6. The molecular formula is C22H23NO4. The van der Waals surface area contributed by atoms with E-state index in [2.05, 4.69) is 5.32 Å². The molecule has 1 atom stereocenters. The molecular weight excluding hydrogens is 342 g/mol. The van der Waals surface area contributed by atoms with Crippen LogP contribution in [0.3, 0.4) is 0 Å². The lowest BCUT2D eigenvalue weighted by Gasteiger charge is -2.15. The van der Waals surface area contributed by atoms with Crippen LogP contribution in [0.25, 0.3) is 0 Å². The number of carbonyl (C=O) groups excluding carboxylic acids is 1. The van der Waals surface area contributed by atoms with E-state index in [1.54, 1.807) is 12.3 Å². The van der Waals surface area contributed by atoms with Gasteiger partial charge in [0.05, 0.1) is 6.26 Å². The molecule has 5 nitrogen and oxygen atoms in total. The zero-order valence-corrected chi connectivity index (χ0v) is 15.0. The van der Waals surface area contributed by atoms with Gasteiger partial charge in [-0.3, -0.25) is 4.79 Å². The summed E-state index contributed by atoms with van der Waals surface area (Å²) in [5, 5.41) is 12.5. The highest BCUT2D eigenvalue weighted by Crippen LogP contribution is 2.15. The van der Waals surface area contributed by atoms with E-state index in [-0.39, 0.29) is 18.4 Å². The molecule has 1 aromatic heterocycles. The number of aliphatic hydroxyl groups is 1. The number of hydrogen-bond donors (Lipinski definition) is 2. The Kier molecular flexibility index (Phi) is 6.66. The Hall–Kier alpha value is -3.05. The molecule has 3 aromatic rings. The van der Waals surface area contributed by atoms with Crippen molar-refractivity contribution in [1.82, 2.24) is 5.32 Å². The summed E-state index contributed by atoms with van der Waals surface area (Å²) in [6.45, 7) is 0.646. The van der Waals surface area contributed by atoms with Crippen LogP contribution in [0, 0.1) is 5.92 Å². The van der Waals surface area contributed by atoms with Crippen molar-refractivity contribution in [2.45, 2.75) is 13.0 Å². The van der Waals surface area contributed by atoms with Gasteiger partial charge in [-0.15, -0.1) is 0 Å². The van der Waals surface area contributed by atoms with Gasteiger partial charge in [0.25, 0.3) is 5.91 Å². The second kappa shape index (κ2) is 9.59. The molecule has 27 heavy (non-hydrogen) atoms. The average Bonchev–Trinajstić information content (AvgIpc) is 3.23. The lowest BCUT2D eigenvalue weighted by Crippen LogP contribution is -2.32. The van der Waals surface area contributed by atoms with Gasteiger partial charge < -0.3 is 19.6 Å². The van der Waals surface area contributed by atoms with E-state index in [9.17, 15) is 9.90 Å². The van der Waals surface area contributed by atoms with Crippen LogP contribution in [0.4, 0.5) is 0 Å². The number of benzene rings is 2. The van der Waals surface area contributed by atoms with Gasteiger partial charge in [-0.1, -0.05) is 36.4 Å². The van der Waals surface area contributed by atoms with Crippen LogP contribution in [0.1, 0.15) is 21.7 Å². The van der Waals surface area contributed by atoms with Crippen molar-refractivity contribution in [2.24, 2.45) is 5.92 Å². The number of carbonyl (C=O) groups is 1. The second-order valence-corrected chi connectivity index (χ2v) is 6.30. The third-order valence-electron chi connectivity index (χ3n) is 4.28. The summed E-state index contributed by atoms with van der Waals surface area (Å²) in [4.78, 5) is 12.6. The fourth-order valence-electron chi connectivity index (χ4n) is 2.79. The Morgan fingerprint density at radius 3 is 2.56 bits per heavy atom. The summed E-state index contributed by atoms with van der Waals surface area (Å²) in [7, 11) is 0. The van der Waals surface area contributed by atoms with Crippen LogP contribution < -0.4 is 10.1 Å². The van der Waals surface area contributed by atoms with Crippen molar-refractivity contribution in [3.8, 4) is 5.75 Å². The largest absolute Gasteiger partial charge is 0.489 e. The lowest BCUT2D eigenvalue weighted by atomic mass is 10.0. The summed E-state index contributed by atoms with van der Waals surface area (Å²) < 4.78 is 11.1. The van der Waals surface area contributed by atoms with Gasteiger partial charge in [0, 0.05) is 36.6 Å². The first-order valence-electron chi connectivity index (χ1n) is 8.93. The molecule has 2 aromatic carbocycles. The van der Waals surface area contributed by atoms with Gasteiger partial charge in [0.2, 0.25) is 0 Å². The fraction of sp³-hybridized carbons (Fsp3) is 0.227. The molecule has 0 spiro atoms. The zero-order chi connectivity index (χ0) is 18.9. The van der Waals surface area contributed by atoms with Crippen molar-refractivity contribution < 1.29 is 19.1 Å². The summed E-state index contributed by atoms with van der Waals surface area (Å²) in [6, 6.07) is 20.5. The molecule has 0 aliphatic carbocycles. The summed E-state index contributed by atoms with van der Waals surface area (Å²) in [5.74, 6) is 1.26. The SMILES string of the molecule is O=C(NCC(CO)Cc1ccco1)c1ccccc1COc1ccccc1. The molecule has 5 heteroatoms. The van der Waals surface area contributed by atoms with Crippen LogP contribution >= 0.6 is 0 Å².